The molecule has 0 bridgehead atoms. The van der Waals surface area contributed by atoms with E-state index in [2.05, 4.69) is 6.92 Å². The van der Waals surface area contributed by atoms with Gasteiger partial charge < -0.3 is 9.80 Å². The number of likely N-dealkylation sites (tertiary alicyclic amines) is 1. The van der Waals surface area contributed by atoms with Crippen molar-refractivity contribution in [2.24, 2.45) is 5.92 Å². The molecule has 82 valence electrons. The van der Waals surface area contributed by atoms with Crippen LogP contribution in [0.15, 0.2) is 0 Å². The number of amides is 2. The molecule has 0 aromatic heterocycles. The van der Waals surface area contributed by atoms with E-state index in [1.807, 2.05) is 18.9 Å². The van der Waals surface area contributed by atoms with Gasteiger partial charge in [0.1, 0.15) is 0 Å². The quantitative estimate of drug-likeness (QED) is 0.682. The Morgan fingerprint density at radius 1 is 1.50 bits per heavy atom. The van der Waals surface area contributed by atoms with Crippen molar-refractivity contribution < 1.29 is 4.79 Å². The van der Waals surface area contributed by atoms with Crippen LogP contribution >= 0.6 is 0 Å². The van der Waals surface area contributed by atoms with E-state index in [4.69, 9.17) is 0 Å². The van der Waals surface area contributed by atoms with Crippen LogP contribution in [0.4, 0.5) is 4.79 Å². The molecule has 1 aliphatic rings. The minimum Gasteiger partial charge on any atom is -0.328 e. The highest BCUT2D eigenvalue weighted by Crippen LogP contribution is 2.21. The van der Waals surface area contributed by atoms with Gasteiger partial charge in [-0.2, -0.15) is 0 Å². The van der Waals surface area contributed by atoms with Crippen LogP contribution in [0.2, 0.25) is 0 Å². The number of carbonyl (C=O) groups is 1. The lowest BCUT2D eigenvalue weighted by Gasteiger charge is -2.23. The Morgan fingerprint density at radius 2 is 2.21 bits per heavy atom. The zero-order valence-corrected chi connectivity index (χ0v) is 9.62. The van der Waals surface area contributed by atoms with Crippen LogP contribution in [0.3, 0.4) is 0 Å². The first kappa shape index (κ1) is 11.3. The normalized spacial score (nSPS) is 21.4. The highest BCUT2D eigenvalue weighted by molar-refractivity contribution is 5.74. The molecule has 1 atom stereocenters. The number of nitrogens with zero attached hydrogens (tertiary/aromatic N) is 2. The summed E-state index contributed by atoms with van der Waals surface area (Å²) in [4.78, 5) is 15.6. The van der Waals surface area contributed by atoms with Crippen molar-refractivity contribution in [2.75, 3.05) is 26.7 Å². The molecule has 0 radical (unpaired) electrons. The van der Waals surface area contributed by atoms with Gasteiger partial charge in [0.05, 0.1) is 0 Å². The third kappa shape index (κ3) is 2.63. The molecular weight excluding hydrogens is 176 g/mol. The van der Waals surface area contributed by atoms with Gasteiger partial charge >= 0.3 is 6.03 Å². The summed E-state index contributed by atoms with van der Waals surface area (Å²) in [6.07, 6.45) is 3.69. The molecule has 1 heterocycles. The molecule has 2 amide bonds. The number of urea groups is 1. The zero-order valence-electron chi connectivity index (χ0n) is 9.62. The van der Waals surface area contributed by atoms with E-state index in [1.165, 1.54) is 19.3 Å². The second kappa shape index (κ2) is 5.23. The van der Waals surface area contributed by atoms with Crippen molar-refractivity contribution >= 4 is 6.03 Å². The first-order valence-electron chi connectivity index (χ1n) is 5.69. The van der Waals surface area contributed by atoms with E-state index in [9.17, 15) is 4.79 Å². The maximum atomic E-state index is 11.8. The Bertz CT molecular complexity index is 194. The maximum absolute atomic E-state index is 11.8. The van der Waals surface area contributed by atoms with Crippen molar-refractivity contribution in [3.63, 3.8) is 0 Å². The Hall–Kier alpha value is -0.730. The molecule has 0 N–H and O–H groups in total. The second-order valence-electron chi connectivity index (χ2n) is 4.19. The fourth-order valence-electron chi connectivity index (χ4n) is 2.03. The highest BCUT2D eigenvalue weighted by Gasteiger charge is 2.26. The van der Waals surface area contributed by atoms with Crippen LogP contribution in [0.25, 0.3) is 0 Å². The summed E-state index contributed by atoms with van der Waals surface area (Å²) in [5.41, 5.74) is 0. The SMILES string of the molecule is CCCC1CCN(C(=O)N(C)CC)C1. The number of hydrogen-bond donors (Lipinski definition) is 0. The first-order valence-corrected chi connectivity index (χ1v) is 5.69. The molecule has 1 aliphatic heterocycles. The molecule has 0 aliphatic carbocycles. The Kier molecular flexibility index (Phi) is 4.23. The lowest BCUT2D eigenvalue weighted by Crippen LogP contribution is -2.39. The lowest BCUT2D eigenvalue weighted by molar-refractivity contribution is 0.173. The topological polar surface area (TPSA) is 23.6 Å². The molecule has 1 rings (SSSR count). The number of carbonyl (C=O) groups excluding carboxylic acids is 1. The lowest BCUT2D eigenvalue weighted by atomic mass is 10.0. The van der Waals surface area contributed by atoms with E-state index in [1.54, 1.807) is 4.90 Å². The Labute approximate surface area is 87.1 Å². The molecule has 0 aromatic carbocycles. The zero-order chi connectivity index (χ0) is 10.6. The fourth-order valence-corrected chi connectivity index (χ4v) is 2.03. The van der Waals surface area contributed by atoms with Crippen molar-refractivity contribution in [3.05, 3.63) is 0 Å². The Morgan fingerprint density at radius 3 is 2.79 bits per heavy atom. The minimum atomic E-state index is 0.200. The van der Waals surface area contributed by atoms with E-state index in [-0.39, 0.29) is 6.03 Å². The van der Waals surface area contributed by atoms with E-state index in [0.717, 1.165) is 25.6 Å². The van der Waals surface area contributed by atoms with E-state index in [0.29, 0.717) is 0 Å². The average Bonchev–Trinajstić information content (AvgIpc) is 2.64. The fraction of sp³-hybridized carbons (Fsp3) is 0.909. The standard InChI is InChI=1S/C11H22N2O/c1-4-6-10-7-8-13(9-10)11(14)12(3)5-2/h10H,4-9H2,1-3H3. The van der Waals surface area contributed by atoms with Crippen LogP contribution in [-0.2, 0) is 0 Å². The summed E-state index contributed by atoms with van der Waals surface area (Å²) in [6, 6.07) is 0.200. The van der Waals surface area contributed by atoms with Gasteiger partial charge in [0.2, 0.25) is 0 Å². The smallest absolute Gasteiger partial charge is 0.319 e. The summed E-state index contributed by atoms with van der Waals surface area (Å²) < 4.78 is 0. The van der Waals surface area contributed by atoms with E-state index >= 15 is 0 Å². The van der Waals surface area contributed by atoms with E-state index < -0.39 is 0 Å². The molecule has 3 heteroatoms. The summed E-state index contributed by atoms with van der Waals surface area (Å²) >= 11 is 0. The molecule has 0 spiro atoms. The third-order valence-electron chi connectivity index (χ3n) is 3.05. The van der Waals surface area contributed by atoms with Crippen LogP contribution in [0.5, 0.6) is 0 Å². The number of rotatable bonds is 3. The van der Waals surface area contributed by atoms with Crippen molar-refractivity contribution in [2.45, 2.75) is 33.1 Å². The van der Waals surface area contributed by atoms with Gasteiger partial charge in [0.15, 0.2) is 0 Å². The molecule has 3 nitrogen and oxygen atoms in total. The predicted octanol–water partition coefficient (Wildman–Crippen LogP) is 2.18. The van der Waals surface area contributed by atoms with Crippen molar-refractivity contribution in [1.82, 2.24) is 9.80 Å². The van der Waals surface area contributed by atoms with Crippen molar-refractivity contribution in [1.29, 1.82) is 0 Å². The largest absolute Gasteiger partial charge is 0.328 e. The van der Waals surface area contributed by atoms with Crippen LogP contribution in [-0.4, -0.2) is 42.5 Å². The van der Waals surface area contributed by atoms with Gasteiger partial charge in [-0.25, -0.2) is 4.79 Å². The van der Waals surface area contributed by atoms with Gasteiger partial charge in [-0.15, -0.1) is 0 Å². The molecule has 1 unspecified atom stereocenters. The maximum Gasteiger partial charge on any atom is 0.319 e. The molecular formula is C11H22N2O. The summed E-state index contributed by atoms with van der Waals surface area (Å²) in [6.45, 7) is 6.94. The summed E-state index contributed by atoms with van der Waals surface area (Å²) in [5.74, 6) is 0.745. The summed E-state index contributed by atoms with van der Waals surface area (Å²) in [5, 5.41) is 0. The summed E-state index contributed by atoms with van der Waals surface area (Å²) in [7, 11) is 1.87. The molecule has 0 aromatic rings. The molecule has 1 saturated heterocycles. The third-order valence-corrected chi connectivity index (χ3v) is 3.05. The van der Waals surface area contributed by atoms with Gasteiger partial charge in [0.25, 0.3) is 0 Å². The van der Waals surface area contributed by atoms with Gasteiger partial charge in [-0.1, -0.05) is 13.3 Å². The van der Waals surface area contributed by atoms with Gasteiger partial charge in [-0.05, 0) is 25.7 Å². The van der Waals surface area contributed by atoms with Crippen LogP contribution in [0.1, 0.15) is 33.1 Å². The average molecular weight is 198 g/mol. The van der Waals surface area contributed by atoms with Crippen LogP contribution < -0.4 is 0 Å². The van der Waals surface area contributed by atoms with Gasteiger partial charge in [0, 0.05) is 26.7 Å². The minimum absolute atomic E-state index is 0.200. The molecule has 14 heavy (non-hydrogen) atoms. The Balaban J connectivity index is 2.37. The second-order valence-corrected chi connectivity index (χ2v) is 4.19. The van der Waals surface area contributed by atoms with Crippen molar-refractivity contribution in [3.8, 4) is 0 Å². The first-order chi connectivity index (χ1) is 6.69. The molecule has 1 fully saturated rings. The molecule has 0 saturated carbocycles. The monoisotopic (exact) mass is 198 g/mol. The van der Waals surface area contributed by atoms with Gasteiger partial charge in [-0.3, -0.25) is 0 Å². The highest BCUT2D eigenvalue weighted by atomic mass is 16.2. The number of hydrogen-bond acceptors (Lipinski definition) is 1. The predicted molar refractivity (Wildman–Crippen MR) is 58.3 cm³/mol. The van der Waals surface area contributed by atoms with Crippen LogP contribution in [0, 0.1) is 5.92 Å².